The summed E-state index contributed by atoms with van der Waals surface area (Å²) in [5.41, 5.74) is 1.17. The summed E-state index contributed by atoms with van der Waals surface area (Å²) in [4.78, 5) is 12.8. The van der Waals surface area contributed by atoms with E-state index < -0.39 is 14.9 Å². The van der Waals surface area contributed by atoms with Gasteiger partial charge < -0.3 is 4.42 Å². The number of benzene rings is 2. The van der Waals surface area contributed by atoms with E-state index in [1.165, 1.54) is 30.5 Å². The fourth-order valence-electron chi connectivity index (χ4n) is 2.34. The zero-order valence-electron chi connectivity index (χ0n) is 14.2. The summed E-state index contributed by atoms with van der Waals surface area (Å²) in [5.74, 6) is 0.528. The Morgan fingerprint density at radius 3 is 2.48 bits per heavy atom. The maximum absolute atomic E-state index is 12.1. The van der Waals surface area contributed by atoms with Gasteiger partial charge in [-0.1, -0.05) is 29.8 Å². The zero-order chi connectivity index (χ0) is 19.4. The number of nitro benzene ring substituents is 1. The van der Waals surface area contributed by atoms with Gasteiger partial charge in [0, 0.05) is 6.07 Å². The summed E-state index contributed by atoms with van der Waals surface area (Å²) >= 11 is 0. The second-order valence-electron chi connectivity index (χ2n) is 5.64. The molecule has 0 saturated heterocycles. The first-order valence-corrected chi connectivity index (χ1v) is 9.30. The molecule has 0 atom stereocenters. The number of nitrogens with one attached hydrogen (secondary N) is 1. The minimum atomic E-state index is -3.79. The van der Waals surface area contributed by atoms with Gasteiger partial charge in [0.25, 0.3) is 15.7 Å². The van der Waals surface area contributed by atoms with Gasteiger partial charge in [0.1, 0.15) is 11.5 Å². The third-order valence-electron chi connectivity index (χ3n) is 3.69. The highest BCUT2D eigenvalue weighted by molar-refractivity contribution is 7.89. The molecule has 0 radical (unpaired) electrons. The molecule has 0 aliphatic rings. The molecular weight excluding hydrogens is 370 g/mol. The van der Waals surface area contributed by atoms with E-state index in [1.807, 2.05) is 6.92 Å². The van der Waals surface area contributed by atoms with Gasteiger partial charge in [0.2, 0.25) is 0 Å². The van der Waals surface area contributed by atoms with Crippen molar-refractivity contribution in [2.24, 2.45) is 5.10 Å². The fraction of sp³-hybridized carbons (Fsp3) is 0.0556. The quantitative estimate of drug-likeness (QED) is 0.396. The number of sulfonamides is 1. The van der Waals surface area contributed by atoms with E-state index in [2.05, 4.69) is 9.93 Å². The van der Waals surface area contributed by atoms with Crippen LogP contribution in [-0.4, -0.2) is 19.6 Å². The first-order valence-electron chi connectivity index (χ1n) is 7.82. The van der Waals surface area contributed by atoms with Crippen molar-refractivity contribution in [1.82, 2.24) is 4.83 Å². The van der Waals surface area contributed by atoms with Crippen molar-refractivity contribution in [3.05, 3.63) is 82.1 Å². The van der Waals surface area contributed by atoms with Crippen LogP contribution in [0.1, 0.15) is 11.3 Å². The minimum Gasteiger partial charge on any atom is -0.455 e. The van der Waals surface area contributed by atoms with Gasteiger partial charge in [0.15, 0.2) is 0 Å². The monoisotopic (exact) mass is 385 g/mol. The lowest BCUT2D eigenvalue weighted by molar-refractivity contribution is -0.384. The number of furan rings is 1. The molecule has 0 bridgehead atoms. The van der Waals surface area contributed by atoms with Crippen LogP contribution >= 0.6 is 0 Å². The van der Waals surface area contributed by atoms with Gasteiger partial charge in [-0.2, -0.15) is 18.4 Å². The molecule has 3 rings (SSSR count). The molecule has 0 spiro atoms. The molecule has 0 unspecified atom stereocenters. The molecule has 0 amide bonds. The minimum absolute atomic E-state index is 0.0876. The topological polar surface area (TPSA) is 115 Å². The Morgan fingerprint density at radius 1 is 1.07 bits per heavy atom. The lowest BCUT2D eigenvalue weighted by atomic mass is 10.1. The zero-order valence-corrected chi connectivity index (χ0v) is 15.0. The Morgan fingerprint density at radius 2 is 1.78 bits per heavy atom. The molecule has 8 nitrogen and oxygen atoms in total. The summed E-state index contributed by atoms with van der Waals surface area (Å²) in [5, 5.41) is 14.8. The first kappa shape index (κ1) is 18.3. The molecule has 2 aromatic carbocycles. The number of hydrogen-bond acceptors (Lipinski definition) is 6. The maximum atomic E-state index is 12.1. The molecular formula is C18H15N3O5S. The van der Waals surface area contributed by atoms with Gasteiger partial charge >= 0.3 is 0 Å². The van der Waals surface area contributed by atoms with Crippen LogP contribution in [0.3, 0.4) is 0 Å². The second kappa shape index (κ2) is 7.42. The van der Waals surface area contributed by atoms with Gasteiger partial charge in [0.05, 0.1) is 21.6 Å². The average Bonchev–Trinajstić information content (AvgIpc) is 3.10. The summed E-state index contributed by atoms with van der Waals surface area (Å²) in [6.45, 7) is 1.85. The summed E-state index contributed by atoms with van der Waals surface area (Å²) in [6.07, 6.45) is 1.18. The third-order valence-corrected chi connectivity index (χ3v) is 4.93. The van der Waals surface area contributed by atoms with Crippen LogP contribution in [0.15, 0.2) is 75.1 Å². The Labute approximate surface area is 155 Å². The first-order chi connectivity index (χ1) is 12.9. The molecule has 0 saturated carbocycles. The van der Waals surface area contributed by atoms with E-state index in [1.54, 1.807) is 36.4 Å². The predicted octanol–water partition coefficient (Wildman–Crippen LogP) is 3.48. The highest BCUT2D eigenvalue weighted by Gasteiger charge is 2.17. The third kappa shape index (κ3) is 4.21. The smallest absolute Gasteiger partial charge is 0.280 e. The Balaban J connectivity index is 1.76. The molecule has 9 heteroatoms. The number of rotatable bonds is 6. The Hall–Kier alpha value is -3.46. The fourth-order valence-corrected chi connectivity index (χ4v) is 3.13. The predicted molar refractivity (Wildman–Crippen MR) is 99.9 cm³/mol. The van der Waals surface area contributed by atoms with Crippen molar-refractivity contribution < 1.29 is 17.8 Å². The van der Waals surface area contributed by atoms with Crippen molar-refractivity contribution in [2.45, 2.75) is 11.8 Å². The number of para-hydroxylation sites is 1. The van der Waals surface area contributed by atoms with Crippen LogP contribution in [0.5, 0.6) is 0 Å². The Kier molecular flexibility index (Phi) is 5.04. The lowest BCUT2D eigenvalue weighted by Gasteiger charge is -2.03. The SMILES string of the molecule is Cc1ccc(S(=O)(=O)N/N=C\c2ccc(-c3ccccc3[N+](=O)[O-])o2)cc1. The van der Waals surface area contributed by atoms with Gasteiger partial charge in [-0.25, -0.2) is 0 Å². The van der Waals surface area contributed by atoms with E-state index in [-0.39, 0.29) is 22.1 Å². The van der Waals surface area contributed by atoms with Crippen LogP contribution < -0.4 is 4.83 Å². The largest absolute Gasteiger partial charge is 0.455 e. The van der Waals surface area contributed by atoms with E-state index in [0.29, 0.717) is 5.56 Å². The summed E-state index contributed by atoms with van der Waals surface area (Å²) in [6, 6.07) is 15.6. The molecule has 0 aliphatic carbocycles. The van der Waals surface area contributed by atoms with E-state index in [4.69, 9.17) is 4.42 Å². The van der Waals surface area contributed by atoms with Crippen LogP contribution in [0.25, 0.3) is 11.3 Å². The molecule has 1 heterocycles. The van der Waals surface area contributed by atoms with Crippen molar-refractivity contribution in [1.29, 1.82) is 0 Å². The van der Waals surface area contributed by atoms with Crippen molar-refractivity contribution in [2.75, 3.05) is 0 Å². The summed E-state index contributed by atoms with van der Waals surface area (Å²) in [7, 11) is -3.79. The van der Waals surface area contributed by atoms with Crippen molar-refractivity contribution in [3.8, 4) is 11.3 Å². The van der Waals surface area contributed by atoms with Gasteiger partial charge in [-0.15, -0.1) is 0 Å². The number of hydrogen-bond donors (Lipinski definition) is 1. The molecule has 1 N–H and O–H groups in total. The molecule has 0 fully saturated rings. The van der Waals surface area contributed by atoms with Crippen molar-refractivity contribution >= 4 is 21.9 Å². The molecule has 1 aromatic heterocycles. The van der Waals surface area contributed by atoms with E-state index in [0.717, 1.165) is 5.56 Å². The molecule has 3 aromatic rings. The number of nitrogens with zero attached hydrogens (tertiary/aromatic N) is 2. The number of hydrazone groups is 1. The standard InChI is InChI=1S/C18H15N3O5S/c1-13-6-9-15(10-7-13)27(24,25)20-19-12-14-8-11-18(26-14)16-4-2-3-5-17(16)21(22)23/h2-12,20H,1H3/b19-12-. The van der Waals surface area contributed by atoms with Gasteiger partial charge in [-0.05, 0) is 37.3 Å². The highest BCUT2D eigenvalue weighted by atomic mass is 32.2. The normalized spacial score (nSPS) is 11.6. The van der Waals surface area contributed by atoms with Gasteiger partial charge in [-0.3, -0.25) is 10.1 Å². The maximum Gasteiger partial charge on any atom is 0.280 e. The molecule has 27 heavy (non-hydrogen) atoms. The van der Waals surface area contributed by atoms with Crippen LogP contribution in [0.4, 0.5) is 5.69 Å². The van der Waals surface area contributed by atoms with E-state index >= 15 is 0 Å². The average molecular weight is 385 g/mol. The number of aryl methyl sites for hydroxylation is 1. The lowest BCUT2D eigenvalue weighted by Crippen LogP contribution is -2.18. The van der Waals surface area contributed by atoms with Crippen molar-refractivity contribution in [3.63, 3.8) is 0 Å². The van der Waals surface area contributed by atoms with Crippen LogP contribution in [0, 0.1) is 17.0 Å². The van der Waals surface area contributed by atoms with Crippen LogP contribution in [0.2, 0.25) is 0 Å². The summed E-state index contributed by atoms with van der Waals surface area (Å²) < 4.78 is 29.8. The Bertz CT molecular complexity index is 1100. The van der Waals surface area contributed by atoms with E-state index in [9.17, 15) is 18.5 Å². The number of nitro groups is 1. The molecule has 138 valence electrons. The second-order valence-corrected chi connectivity index (χ2v) is 7.30. The highest BCUT2D eigenvalue weighted by Crippen LogP contribution is 2.30. The molecule has 0 aliphatic heterocycles. The van der Waals surface area contributed by atoms with Crippen LogP contribution in [-0.2, 0) is 10.0 Å².